The monoisotopic (exact) mass is 372 g/mol. The summed E-state index contributed by atoms with van der Waals surface area (Å²) in [4.78, 5) is 12.7. The topological polar surface area (TPSA) is 50.4 Å². The zero-order valence-corrected chi connectivity index (χ0v) is 15.7. The van der Waals surface area contributed by atoms with Gasteiger partial charge in [-0.25, -0.2) is 0 Å². The first-order valence-electron chi connectivity index (χ1n) is 9.65. The Hall–Kier alpha value is -3.11. The summed E-state index contributed by atoms with van der Waals surface area (Å²) >= 11 is 0. The molecule has 2 N–H and O–H groups in total. The fraction of sp³-hybridized carbons (Fsp3) is 0.208. The lowest BCUT2D eigenvalue weighted by Gasteiger charge is -2.27. The van der Waals surface area contributed by atoms with E-state index in [1.54, 1.807) is 0 Å². The molecule has 0 aromatic heterocycles. The zero-order chi connectivity index (χ0) is 19.2. The standard InChI is InChI=1S/C24H24N2O2/c27-23(26-21-15-16-28-22-14-8-7-13-20(21)22)17-25-24(18-9-3-1-4-10-18)19-11-5-2-6-12-19/h1-14,21,24-25H,15-17H2,(H,26,27). The highest BCUT2D eigenvalue weighted by molar-refractivity contribution is 5.78. The van der Waals surface area contributed by atoms with Crippen LogP contribution in [0, 0.1) is 0 Å². The summed E-state index contributed by atoms with van der Waals surface area (Å²) in [5.41, 5.74) is 3.32. The Labute approximate surface area is 165 Å². The highest BCUT2D eigenvalue weighted by Gasteiger charge is 2.23. The molecule has 1 aliphatic heterocycles. The Kier molecular flexibility index (Phi) is 5.69. The first kappa shape index (κ1) is 18.3. The van der Waals surface area contributed by atoms with Gasteiger partial charge in [0.25, 0.3) is 0 Å². The van der Waals surface area contributed by atoms with Crippen molar-refractivity contribution in [3.8, 4) is 5.75 Å². The van der Waals surface area contributed by atoms with Crippen LogP contribution < -0.4 is 15.4 Å². The number of rotatable bonds is 6. The molecule has 4 nitrogen and oxygen atoms in total. The molecule has 4 rings (SSSR count). The second-order valence-corrected chi connectivity index (χ2v) is 6.93. The summed E-state index contributed by atoms with van der Waals surface area (Å²) in [6.45, 7) is 0.861. The maximum absolute atomic E-state index is 12.7. The van der Waals surface area contributed by atoms with Crippen LogP contribution in [0.25, 0.3) is 0 Å². The lowest BCUT2D eigenvalue weighted by Crippen LogP contribution is -2.39. The van der Waals surface area contributed by atoms with Crippen LogP contribution in [0.1, 0.15) is 35.2 Å². The summed E-state index contributed by atoms with van der Waals surface area (Å²) in [5, 5.41) is 6.57. The fourth-order valence-electron chi connectivity index (χ4n) is 3.65. The number of carbonyl (C=O) groups excluding carboxylic acids is 1. The molecule has 0 saturated carbocycles. The van der Waals surface area contributed by atoms with Crippen molar-refractivity contribution >= 4 is 5.91 Å². The Bertz CT molecular complexity index is 873. The van der Waals surface area contributed by atoms with Gasteiger partial charge in [0.1, 0.15) is 5.75 Å². The van der Waals surface area contributed by atoms with Gasteiger partial charge in [-0.1, -0.05) is 78.9 Å². The molecule has 28 heavy (non-hydrogen) atoms. The highest BCUT2D eigenvalue weighted by Crippen LogP contribution is 2.31. The lowest BCUT2D eigenvalue weighted by molar-refractivity contribution is -0.121. The minimum atomic E-state index is -0.0323. The summed E-state index contributed by atoms with van der Waals surface area (Å²) in [5.74, 6) is 0.844. The van der Waals surface area contributed by atoms with Gasteiger partial charge in [-0.05, 0) is 17.2 Å². The predicted molar refractivity (Wildman–Crippen MR) is 110 cm³/mol. The molecule has 1 atom stereocenters. The molecule has 0 fully saturated rings. The van der Waals surface area contributed by atoms with Crippen molar-refractivity contribution in [2.45, 2.75) is 18.5 Å². The van der Waals surface area contributed by atoms with Crippen LogP contribution in [0.15, 0.2) is 84.9 Å². The maximum Gasteiger partial charge on any atom is 0.234 e. The van der Waals surface area contributed by atoms with Crippen LogP contribution in [0.5, 0.6) is 5.75 Å². The third-order valence-corrected chi connectivity index (χ3v) is 5.03. The summed E-state index contributed by atoms with van der Waals surface area (Å²) in [6, 6.07) is 28.3. The van der Waals surface area contributed by atoms with Crippen LogP contribution in [-0.2, 0) is 4.79 Å². The van der Waals surface area contributed by atoms with Crippen molar-refractivity contribution in [3.05, 3.63) is 102 Å². The van der Waals surface area contributed by atoms with Crippen molar-refractivity contribution in [1.29, 1.82) is 0 Å². The van der Waals surface area contributed by atoms with Gasteiger partial charge in [0, 0.05) is 12.0 Å². The Balaban J connectivity index is 1.44. The molecule has 3 aromatic carbocycles. The normalized spacial score (nSPS) is 15.5. The molecule has 0 radical (unpaired) electrons. The van der Waals surface area contributed by atoms with Crippen molar-refractivity contribution in [1.82, 2.24) is 10.6 Å². The van der Waals surface area contributed by atoms with Crippen molar-refractivity contribution in [3.63, 3.8) is 0 Å². The van der Waals surface area contributed by atoms with Crippen LogP contribution in [0.3, 0.4) is 0 Å². The predicted octanol–water partition coefficient (Wildman–Crippen LogP) is 4.01. The number of nitrogens with one attached hydrogen (secondary N) is 2. The smallest absolute Gasteiger partial charge is 0.234 e. The highest BCUT2D eigenvalue weighted by atomic mass is 16.5. The Morgan fingerprint density at radius 3 is 2.18 bits per heavy atom. The molecule has 0 aliphatic carbocycles. The minimum absolute atomic E-state index is 0.00819. The van der Waals surface area contributed by atoms with E-state index < -0.39 is 0 Å². The van der Waals surface area contributed by atoms with Crippen molar-refractivity contribution in [2.75, 3.05) is 13.2 Å². The van der Waals surface area contributed by atoms with E-state index in [1.807, 2.05) is 60.7 Å². The van der Waals surface area contributed by atoms with Gasteiger partial charge < -0.3 is 10.1 Å². The van der Waals surface area contributed by atoms with E-state index in [-0.39, 0.29) is 24.5 Å². The number of para-hydroxylation sites is 1. The van der Waals surface area contributed by atoms with Gasteiger partial charge in [-0.2, -0.15) is 0 Å². The van der Waals surface area contributed by atoms with E-state index in [4.69, 9.17) is 4.74 Å². The van der Waals surface area contributed by atoms with Crippen LogP contribution in [0.4, 0.5) is 0 Å². The molecule has 1 unspecified atom stereocenters. The lowest BCUT2D eigenvalue weighted by atomic mass is 9.98. The molecule has 0 bridgehead atoms. The Morgan fingerprint density at radius 1 is 0.893 bits per heavy atom. The van der Waals surface area contributed by atoms with E-state index >= 15 is 0 Å². The summed E-state index contributed by atoms with van der Waals surface area (Å²) in [7, 11) is 0. The molecule has 142 valence electrons. The number of benzene rings is 3. The molecular weight excluding hydrogens is 348 g/mol. The van der Waals surface area contributed by atoms with Crippen LogP contribution in [-0.4, -0.2) is 19.1 Å². The average molecular weight is 372 g/mol. The third-order valence-electron chi connectivity index (χ3n) is 5.03. The molecule has 3 aromatic rings. The van der Waals surface area contributed by atoms with E-state index in [9.17, 15) is 4.79 Å². The largest absolute Gasteiger partial charge is 0.493 e. The number of ether oxygens (including phenoxy) is 1. The van der Waals surface area contributed by atoms with E-state index in [1.165, 1.54) is 0 Å². The molecule has 0 spiro atoms. The molecular formula is C24H24N2O2. The maximum atomic E-state index is 12.7. The fourth-order valence-corrected chi connectivity index (χ4v) is 3.65. The van der Waals surface area contributed by atoms with Crippen molar-refractivity contribution < 1.29 is 9.53 Å². The average Bonchev–Trinajstić information content (AvgIpc) is 2.76. The quantitative estimate of drug-likeness (QED) is 0.687. The van der Waals surface area contributed by atoms with Gasteiger partial charge in [-0.3, -0.25) is 10.1 Å². The minimum Gasteiger partial charge on any atom is -0.493 e. The molecule has 1 heterocycles. The van der Waals surface area contributed by atoms with E-state index in [0.717, 1.165) is 28.9 Å². The van der Waals surface area contributed by atoms with Gasteiger partial charge in [0.05, 0.1) is 25.2 Å². The van der Waals surface area contributed by atoms with Gasteiger partial charge >= 0.3 is 0 Å². The van der Waals surface area contributed by atoms with Crippen LogP contribution in [0.2, 0.25) is 0 Å². The molecule has 4 heteroatoms. The number of fused-ring (bicyclic) bond motifs is 1. The molecule has 0 saturated heterocycles. The molecule has 1 aliphatic rings. The second kappa shape index (κ2) is 8.72. The number of hydrogen-bond acceptors (Lipinski definition) is 3. The number of amides is 1. The summed E-state index contributed by atoms with van der Waals surface area (Å²) in [6.07, 6.45) is 0.781. The van der Waals surface area contributed by atoms with Crippen molar-refractivity contribution in [2.24, 2.45) is 0 Å². The first-order chi connectivity index (χ1) is 13.8. The Morgan fingerprint density at radius 2 is 1.50 bits per heavy atom. The zero-order valence-electron chi connectivity index (χ0n) is 15.7. The van der Waals surface area contributed by atoms with Gasteiger partial charge in [0.15, 0.2) is 0 Å². The third kappa shape index (κ3) is 4.24. The van der Waals surface area contributed by atoms with Crippen LogP contribution >= 0.6 is 0 Å². The first-order valence-corrected chi connectivity index (χ1v) is 9.65. The second-order valence-electron chi connectivity index (χ2n) is 6.93. The van der Waals surface area contributed by atoms with E-state index in [0.29, 0.717) is 6.61 Å². The molecule has 1 amide bonds. The van der Waals surface area contributed by atoms with E-state index in [2.05, 4.69) is 34.9 Å². The number of carbonyl (C=O) groups is 1. The van der Waals surface area contributed by atoms with Gasteiger partial charge in [-0.15, -0.1) is 0 Å². The van der Waals surface area contributed by atoms with Gasteiger partial charge in [0.2, 0.25) is 5.91 Å². The SMILES string of the molecule is O=C(CNC(c1ccccc1)c1ccccc1)NC1CCOc2ccccc21. The number of hydrogen-bond donors (Lipinski definition) is 2. The summed E-state index contributed by atoms with van der Waals surface area (Å²) < 4.78 is 5.68.